The number of carbonyl (C=O) groups is 2. The SMILES string of the molecule is COC(=O)[C@@H](Cc1ccccc1)NC(=O)CSc1nc2nc(C)cc(C)n2n1. The van der Waals surface area contributed by atoms with Gasteiger partial charge in [0.1, 0.15) is 6.04 Å². The van der Waals surface area contributed by atoms with Crippen LogP contribution in [-0.2, 0) is 20.7 Å². The summed E-state index contributed by atoms with van der Waals surface area (Å²) < 4.78 is 6.45. The van der Waals surface area contributed by atoms with Crippen molar-refractivity contribution in [3.8, 4) is 0 Å². The van der Waals surface area contributed by atoms with Gasteiger partial charge in [-0.15, -0.1) is 5.10 Å². The summed E-state index contributed by atoms with van der Waals surface area (Å²) in [6, 6.07) is 10.6. The Morgan fingerprint density at radius 2 is 1.96 bits per heavy atom. The number of rotatable bonds is 7. The average Bonchev–Trinajstić information content (AvgIpc) is 3.09. The molecule has 0 aliphatic rings. The molecule has 0 aliphatic carbocycles. The molecule has 2 heterocycles. The van der Waals surface area contributed by atoms with Gasteiger partial charge in [0.25, 0.3) is 5.78 Å². The van der Waals surface area contributed by atoms with Crippen LogP contribution in [-0.4, -0.2) is 50.4 Å². The Kier molecular flexibility index (Phi) is 6.25. The van der Waals surface area contributed by atoms with Crippen molar-refractivity contribution in [1.82, 2.24) is 24.9 Å². The van der Waals surface area contributed by atoms with Gasteiger partial charge in [-0.2, -0.15) is 4.98 Å². The summed E-state index contributed by atoms with van der Waals surface area (Å²) in [7, 11) is 1.30. The van der Waals surface area contributed by atoms with Gasteiger partial charge in [-0.05, 0) is 25.5 Å². The van der Waals surface area contributed by atoms with E-state index in [1.54, 1.807) is 4.52 Å². The third-order valence-corrected chi connectivity index (χ3v) is 4.87. The number of fused-ring (bicyclic) bond motifs is 1. The van der Waals surface area contributed by atoms with Crippen molar-refractivity contribution in [2.24, 2.45) is 0 Å². The number of carbonyl (C=O) groups excluding carboxylic acids is 2. The number of amides is 1. The lowest BCUT2D eigenvalue weighted by atomic mass is 10.1. The Morgan fingerprint density at radius 3 is 2.68 bits per heavy atom. The minimum Gasteiger partial charge on any atom is -0.467 e. The summed E-state index contributed by atoms with van der Waals surface area (Å²) in [5.41, 5.74) is 2.71. The molecule has 0 bridgehead atoms. The Morgan fingerprint density at radius 1 is 1.21 bits per heavy atom. The molecule has 0 radical (unpaired) electrons. The molecule has 0 unspecified atom stereocenters. The molecule has 2 aromatic heterocycles. The molecule has 3 rings (SSSR count). The van der Waals surface area contributed by atoms with E-state index in [1.807, 2.05) is 50.2 Å². The zero-order chi connectivity index (χ0) is 20.1. The molecular weight excluding hydrogens is 378 g/mol. The number of esters is 1. The number of hydrogen-bond donors (Lipinski definition) is 1. The van der Waals surface area contributed by atoms with Crippen molar-refractivity contribution in [3.05, 3.63) is 53.3 Å². The highest BCUT2D eigenvalue weighted by atomic mass is 32.2. The standard InChI is InChI=1S/C19H21N5O3S/c1-12-9-13(2)24-18(20-12)22-19(23-24)28-11-16(25)21-15(17(26)27-3)10-14-7-5-4-6-8-14/h4-9,15H,10-11H2,1-3H3,(H,21,25)/t15-/m1/s1. The second kappa shape index (κ2) is 8.83. The highest BCUT2D eigenvalue weighted by Crippen LogP contribution is 2.15. The molecule has 0 spiro atoms. The Bertz CT molecular complexity index is 990. The van der Waals surface area contributed by atoms with E-state index in [0.29, 0.717) is 17.4 Å². The molecule has 1 aromatic carbocycles. The number of ether oxygens (including phenoxy) is 1. The number of thioether (sulfide) groups is 1. The molecular formula is C19H21N5O3S. The van der Waals surface area contributed by atoms with Crippen LogP contribution in [0.4, 0.5) is 0 Å². The first-order valence-electron chi connectivity index (χ1n) is 8.71. The van der Waals surface area contributed by atoms with E-state index in [4.69, 9.17) is 4.74 Å². The molecule has 1 N–H and O–H groups in total. The van der Waals surface area contributed by atoms with Crippen LogP contribution in [0.25, 0.3) is 5.78 Å². The largest absolute Gasteiger partial charge is 0.467 e. The van der Waals surface area contributed by atoms with Gasteiger partial charge in [0.05, 0.1) is 12.9 Å². The van der Waals surface area contributed by atoms with Crippen LogP contribution in [0.3, 0.4) is 0 Å². The summed E-state index contributed by atoms with van der Waals surface area (Å²) in [4.78, 5) is 33.1. The number of nitrogens with one attached hydrogen (secondary N) is 1. The molecule has 3 aromatic rings. The van der Waals surface area contributed by atoms with Crippen LogP contribution < -0.4 is 5.32 Å². The van der Waals surface area contributed by atoms with E-state index < -0.39 is 12.0 Å². The van der Waals surface area contributed by atoms with E-state index in [2.05, 4.69) is 20.4 Å². The summed E-state index contributed by atoms with van der Waals surface area (Å²) in [6.45, 7) is 3.81. The maximum absolute atomic E-state index is 12.4. The lowest BCUT2D eigenvalue weighted by Gasteiger charge is -2.16. The quantitative estimate of drug-likeness (QED) is 0.477. The predicted octanol–water partition coefficient (Wildman–Crippen LogP) is 1.73. The number of benzene rings is 1. The molecule has 1 atom stereocenters. The normalized spacial score (nSPS) is 12.0. The topological polar surface area (TPSA) is 98.5 Å². The van der Waals surface area contributed by atoms with E-state index in [9.17, 15) is 9.59 Å². The minimum absolute atomic E-state index is 0.0806. The number of nitrogens with zero attached hydrogens (tertiary/aromatic N) is 4. The molecule has 9 heteroatoms. The maximum Gasteiger partial charge on any atom is 0.328 e. The summed E-state index contributed by atoms with van der Waals surface area (Å²) in [6.07, 6.45) is 0.360. The first kappa shape index (κ1) is 19.8. The van der Waals surface area contributed by atoms with Gasteiger partial charge < -0.3 is 10.1 Å². The van der Waals surface area contributed by atoms with Crippen LogP contribution >= 0.6 is 11.8 Å². The molecule has 0 fully saturated rings. The maximum atomic E-state index is 12.4. The fourth-order valence-corrected chi connectivity index (χ4v) is 3.39. The Hall–Kier alpha value is -2.94. The number of aromatic nitrogens is 4. The zero-order valence-electron chi connectivity index (χ0n) is 15.9. The van der Waals surface area contributed by atoms with Gasteiger partial charge in [-0.1, -0.05) is 42.1 Å². The fraction of sp³-hybridized carbons (Fsp3) is 0.316. The Balaban J connectivity index is 1.63. The minimum atomic E-state index is -0.749. The smallest absolute Gasteiger partial charge is 0.328 e. The van der Waals surface area contributed by atoms with Crippen LogP contribution in [0, 0.1) is 13.8 Å². The predicted molar refractivity (Wildman–Crippen MR) is 105 cm³/mol. The van der Waals surface area contributed by atoms with Crippen molar-refractivity contribution >= 4 is 29.4 Å². The summed E-state index contributed by atoms with van der Waals surface area (Å²) in [5.74, 6) is -0.201. The summed E-state index contributed by atoms with van der Waals surface area (Å²) in [5, 5.41) is 7.54. The fourth-order valence-electron chi connectivity index (χ4n) is 2.76. The van der Waals surface area contributed by atoms with Crippen LogP contribution in [0.5, 0.6) is 0 Å². The van der Waals surface area contributed by atoms with Gasteiger partial charge in [0.2, 0.25) is 11.1 Å². The van der Waals surface area contributed by atoms with Crippen molar-refractivity contribution in [2.45, 2.75) is 31.5 Å². The molecule has 0 saturated carbocycles. The summed E-state index contributed by atoms with van der Waals surface area (Å²) >= 11 is 1.19. The van der Waals surface area contributed by atoms with Crippen molar-refractivity contribution in [2.75, 3.05) is 12.9 Å². The van der Waals surface area contributed by atoms with Crippen LogP contribution in [0.1, 0.15) is 17.0 Å². The third kappa shape index (κ3) is 4.86. The van der Waals surface area contributed by atoms with Gasteiger partial charge in [-0.3, -0.25) is 4.79 Å². The Labute approximate surface area is 166 Å². The highest BCUT2D eigenvalue weighted by molar-refractivity contribution is 7.99. The van der Waals surface area contributed by atoms with E-state index in [-0.39, 0.29) is 11.7 Å². The van der Waals surface area contributed by atoms with Crippen molar-refractivity contribution in [3.63, 3.8) is 0 Å². The number of methoxy groups -OCH3 is 1. The van der Waals surface area contributed by atoms with Crippen LogP contribution in [0.2, 0.25) is 0 Å². The first-order chi connectivity index (χ1) is 13.5. The highest BCUT2D eigenvalue weighted by Gasteiger charge is 2.22. The molecule has 1 amide bonds. The van der Waals surface area contributed by atoms with Gasteiger partial charge >= 0.3 is 5.97 Å². The first-order valence-corrected chi connectivity index (χ1v) is 9.70. The molecule has 28 heavy (non-hydrogen) atoms. The number of aryl methyl sites for hydroxylation is 2. The van der Waals surface area contributed by atoms with Gasteiger partial charge in [-0.25, -0.2) is 14.3 Å². The molecule has 0 saturated heterocycles. The molecule has 146 valence electrons. The van der Waals surface area contributed by atoms with E-state index in [0.717, 1.165) is 17.0 Å². The zero-order valence-corrected chi connectivity index (χ0v) is 16.7. The lowest BCUT2D eigenvalue weighted by Crippen LogP contribution is -2.43. The van der Waals surface area contributed by atoms with E-state index >= 15 is 0 Å². The second-order valence-corrected chi connectivity index (χ2v) is 7.21. The average molecular weight is 399 g/mol. The molecule has 8 nitrogen and oxygen atoms in total. The molecule has 0 aliphatic heterocycles. The van der Waals surface area contributed by atoms with Gasteiger partial charge in [0, 0.05) is 17.8 Å². The lowest BCUT2D eigenvalue weighted by molar-refractivity contribution is -0.144. The van der Waals surface area contributed by atoms with Crippen molar-refractivity contribution in [1.29, 1.82) is 0 Å². The van der Waals surface area contributed by atoms with Crippen molar-refractivity contribution < 1.29 is 14.3 Å². The second-order valence-electron chi connectivity index (χ2n) is 6.27. The van der Waals surface area contributed by atoms with E-state index in [1.165, 1.54) is 18.9 Å². The van der Waals surface area contributed by atoms with Crippen LogP contribution in [0.15, 0.2) is 41.6 Å². The monoisotopic (exact) mass is 399 g/mol. The van der Waals surface area contributed by atoms with Gasteiger partial charge in [0.15, 0.2) is 0 Å². The third-order valence-electron chi connectivity index (χ3n) is 4.03. The number of hydrogen-bond acceptors (Lipinski definition) is 7.